The summed E-state index contributed by atoms with van der Waals surface area (Å²) in [6, 6.07) is 7.53. The number of nitrogens with zero attached hydrogens (tertiary/aromatic N) is 2. The molecule has 0 bridgehead atoms. The molecule has 1 aliphatic heterocycles. The zero-order valence-electron chi connectivity index (χ0n) is 14.8. The van der Waals surface area contributed by atoms with E-state index in [1.54, 1.807) is 18.2 Å². The summed E-state index contributed by atoms with van der Waals surface area (Å²) in [6.45, 7) is 1.62. The van der Waals surface area contributed by atoms with Gasteiger partial charge in [-0.25, -0.2) is 4.98 Å². The van der Waals surface area contributed by atoms with Crippen LogP contribution in [0.3, 0.4) is 0 Å². The molecule has 1 fully saturated rings. The van der Waals surface area contributed by atoms with E-state index >= 15 is 0 Å². The summed E-state index contributed by atoms with van der Waals surface area (Å²) >= 11 is 6.21. The number of methoxy groups -OCH3 is 1. The number of hydrogen-bond acceptors (Lipinski definition) is 5. The van der Waals surface area contributed by atoms with E-state index in [9.17, 15) is 4.79 Å². The Bertz CT molecular complexity index is 734. The Hall–Kier alpha value is -1.89. The first-order chi connectivity index (χ1) is 12.7. The van der Waals surface area contributed by atoms with Crippen molar-refractivity contribution in [3.8, 4) is 0 Å². The fourth-order valence-corrected chi connectivity index (χ4v) is 3.30. The molecule has 0 radical (unpaired) electrons. The molecule has 0 N–H and O–H groups in total. The molecule has 7 heteroatoms. The first-order valence-corrected chi connectivity index (χ1v) is 9.11. The van der Waals surface area contributed by atoms with Crippen molar-refractivity contribution in [2.45, 2.75) is 25.3 Å². The predicted molar refractivity (Wildman–Crippen MR) is 97.1 cm³/mol. The monoisotopic (exact) mass is 378 g/mol. The summed E-state index contributed by atoms with van der Waals surface area (Å²) in [7, 11) is 1.60. The second kappa shape index (κ2) is 9.16. The Kier molecular flexibility index (Phi) is 6.66. The minimum absolute atomic E-state index is 0.0468. The third kappa shape index (κ3) is 4.63. The van der Waals surface area contributed by atoms with Crippen molar-refractivity contribution >= 4 is 17.5 Å². The molecule has 1 atom stereocenters. The molecule has 26 heavy (non-hydrogen) atoms. The highest BCUT2D eigenvalue weighted by Crippen LogP contribution is 2.32. The van der Waals surface area contributed by atoms with Gasteiger partial charge in [0.05, 0.1) is 19.4 Å². The fraction of sp³-hybridized carbons (Fsp3) is 0.474. The lowest BCUT2D eigenvalue weighted by molar-refractivity contribution is -0.137. The van der Waals surface area contributed by atoms with Gasteiger partial charge >= 0.3 is 0 Å². The van der Waals surface area contributed by atoms with Gasteiger partial charge in [0.25, 0.3) is 0 Å². The van der Waals surface area contributed by atoms with Crippen LogP contribution in [0.2, 0.25) is 5.02 Å². The SMILES string of the molecule is COCCOCC(=O)N1CCCC1c1ncc(Cc2ccccc2Cl)o1. The molecule has 1 amide bonds. The quantitative estimate of drug-likeness (QED) is 0.660. The molecule has 0 spiro atoms. The summed E-state index contributed by atoms with van der Waals surface area (Å²) in [5, 5.41) is 0.705. The van der Waals surface area contributed by atoms with E-state index in [2.05, 4.69) is 4.98 Å². The molecule has 0 aliphatic carbocycles. The number of benzene rings is 1. The normalized spacial score (nSPS) is 17.0. The van der Waals surface area contributed by atoms with Gasteiger partial charge < -0.3 is 18.8 Å². The molecule has 2 heterocycles. The van der Waals surface area contributed by atoms with E-state index in [1.165, 1.54) is 0 Å². The highest BCUT2D eigenvalue weighted by molar-refractivity contribution is 6.31. The van der Waals surface area contributed by atoms with Crippen LogP contribution in [0.4, 0.5) is 0 Å². The minimum Gasteiger partial charge on any atom is -0.443 e. The minimum atomic E-state index is -0.131. The number of carbonyl (C=O) groups is 1. The number of amides is 1. The van der Waals surface area contributed by atoms with Crippen molar-refractivity contribution in [2.75, 3.05) is 33.5 Å². The maximum Gasteiger partial charge on any atom is 0.249 e. The van der Waals surface area contributed by atoms with E-state index in [0.29, 0.717) is 37.1 Å². The van der Waals surface area contributed by atoms with Crippen molar-refractivity contribution in [2.24, 2.45) is 0 Å². The number of oxazole rings is 1. The van der Waals surface area contributed by atoms with E-state index < -0.39 is 0 Å². The zero-order chi connectivity index (χ0) is 18.4. The standard InChI is InChI=1S/C19H23ClN2O4/c1-24-9-10-25-13-18(23)22-8-4-7-17(22)19-21-12-15(26-19)11-14-5-2-3-6-16(14)20/h2-3,5-6,12,17H,4,7-11,13H2,1H3. The molecule has 1 unspecified atom stereocenters. The molecule has 6 nitrogen and oxygen atoms in total. The van der Waals surface area contributed by atoms with Gasteiger partial charge in [-0.15, -0.1) is 0 Å². The van der Waals surface area contributed by atoms with Crippen LogP contribution in [0, 0.1) is 0 Å². The van der Waals surface area contributed by atoms with Crippen LogP contribution in [0.1, 0.15) is 36.1 Å². The molecule has 0 saturated carbocycles. The molecular weight excluding hydrogens is 356 g/mol. The third-order valence-corrected chi connectivity index (χ3v) is 4.78. The summed E-state index contributed by atoms with van der Waals surface area (Å²) in [4.78, 5) is 18.6. The summed E-state index contributed by atoms with van der Waals surface area (Å²) in [6.07, 6.45) is 4.06. The van der Waals surface area contributed by atoms with Crippen LogP contribution in [0.5, 0.6) is 0 Å². The maximum absolute atomic E-state index is 12.4. The average molecular weight is 379 g/mol. The van der Waals surface area contributed by atoms with E-state index in [0.717, 1.165) is 24.2 Å². The first-order valence-electron chi connectivity index (χ1n) is 8.73. The van der Waals surface area contributed by atoms with Crippen molar-refractivity contribution < 1.29 is 18.7 Å². The summed E-state index contributed by atoms with van der Waals surface area (Å²) < 4.78 is 16.2. The summed E-state index contributed by atoms with van der Waals surface area (Å²) in [5.41, 5.74) is 0.989. The van der Waals surface area contributed by atoms with Gasteiger partial charge in [0.1, 0.15) is 18.4 Å². The zero-order valence-corrected chi connectivity index (χ0v) is 15.6. The Morgan fingerprint density at radius 1 is 1.38 bits per heavy atom. The van der Waals surface area contributed by atoms with E-state index in [4.69, 9.17) is 25.5 Å². The van der Waals surface area contributed by atoms with Gasteiger partial charge in [-0.05, 0) is 24.5 Å². The Balaban J connectivity index is 1.62. The molecule has 1 saturated heterocycles. The number of aromatic nitrogens is 1. The number of likely N-dealkylation sites (tertiary alicyclic amines) is 1. The fourth-order valence-electron chi connectivity index (χ4n) is 3.09. The lowest BCUT2D eigenvalue weighted by atomic mass is 10.1. The van der Waals surface area contributed by atoms with Gasteiger partial charge in [0.2, 0.25) is 11.8 Å². The number of hydrogen-bond donors (Lipinski definition) is 0. The first kappa shape index (κ1) is 18.9. The van der Waals surface area contributed by atoms with Crippen LogP contribution in [-0.2, 0) is 20.7 Å². The number of carbonyl (C=O) groups excluding carboxylic acids is 1. The predicted octanol–water partition coefficient (Wildman–Crippen LogP) is 3.25. The van der Waals surface area contributed by atoms with Crippen LogP contribution >= 0.6 is 11.6 Å². The second-order valence-corrected chi connectivity index (χ2v) is 6.63. The van der Waals surface area contributed by atoms with Gasteiger partial charge in [-0.2, -0.15) is 0 Å². The molecule has 1 aromatic carbocycles. The highest BCUT2D eigenvalue weighted by atomic mass is 35.5. The average Bonchev–Trinajstić information content (AvgIpc) is 3.29. The van der Waals surface area contributed by atoms with E-state index in [1.807, 2.05) is 24.3 Å². The molecule has 1 aliphatic rings. The van der Waals surface area contributed by atoms with Gasteiger partial charge in [-0.3, -0.25) is 4.79 Å². The van der Waals surface area contributed by atoms with Crippen LogP contribution < -0.4 is 0 Å². The largest absolute Gasteiger partial charge is 0.443 e. The van der Waals surface area contributed by atoms with Gasteiger partial charge in [-0.1, -0.05) is 29.8 Å². The molecule has 2 aromatic rings. The highest BCUT2D eigenvalue weighted by Gasteiger charge is 2.33. The van der Waals surface area contributed by atoms with Gasteiger partial charge in [0, 0.05) is 25.1 Å². The third-order valence-electron chi connectivity index (χ3n) is 4.41. The Morgan fingerprint density at radius 3 is 3.04 bits per heavy atom. The second-order valence-electron chi connectivity index (χ2n) is 6.22. The maximum atomic E-state index is 12.4. The van der Waals surface area contributed by atoms with Gasteiger partial charge in [0.15, 0.2) is 0 Å². The van der Waals surface area contributed by atoms with Crippen molar-refractivity contribution in [1.29, 1.82) is 0 Å². The summed E-state index contributed by atoms with van der Waals surface area (Å²) in [5.74, 6) is 1.27. The Labute approximate surface area is 158 Å². The number of ether oxygens (including phenoxy) is 2. The van der Waals surface area contributed by atoms with Crippen LogP contribution in [0.25, 0.3) is 0 Å². The van der Waals surface area contributed by atoms with Crippen LogP contribution in [0.15, 0.2) is 34.9 Å². The topological polar surface area (TPSA) is 64.8 Å². The smallest absolute Gasteiger partial charge is 0.249 e. The van der Waals surface area contributed by atoms with Crippen molar-refractivity contribution in [1.82, 2.24) is 9.88 Å². The molecule has 3 rings (SSSR count). The van der Waals surface area contributed by atoms with E-state index in [-0.39, 0.29) is 18.6 Å². The molecular formula is C19H23ClN2O4. The lowest BCUT2D eigenvalue weighted by Gasteiger charge is -2.22. The number of halogens is 1. The number of rotatable bonds is 8. The molecule has 140 valence electrons. The molecule has 1 aromatic heterocycles. The lowest BCUT2D eigenvalue weighted by Crippen LogP contribution is -2.34. The van der Waals surface area contributed by atoms with Crippen molar-refractivity contribution in [3.63, 3.8) is 0 Å². The Morgan fingerprint density at radius 2 is 2.23 bits per heavy atom. The van der Waals surface area contributed by atoms with Crippen LogP contribution in [-0.4, -0.2) is 49.3 Å². The van der Waals surface area contributed by atoms with Crippen molar-refractivity contribution in [3.05, 3.63) is 52.7 Å².